The molecule has 2 atom stereocenters. The van der Waals surface area contributed by atoms with Gasteiger partial charge in [0.2, 0.25) is 5.91 Å². The van der Waals surface area contributed by atoms with E-state index in [4.69, 9.17) is 0 Å². The topological polar surface area (TPSA) is 41.6 Å². The van der Waals surface area contributed by atoms with Crippen molar-refractivity contribution in [2.45, 2.75) is 38.5 Å². The number of carbonyl (C=O) groups excluding carboxylic acids is 1. The van der Waals surface area contributed by atoms with E-state index in [1.807, 2.05) is 0 Å². The summed E-state index contributed by atoms with van der Waals surface area (Å²) in [5.74, 6) is -0.709. The molecule has 7 heteroatoms. The lowest BCUT2D eigenvalue weighted by Crippen LogP contribution is -2.47. The highest BCUT2D eigenvalue weighted by Crippen LogP contribution is 2.28. The summed E-state index contributed by atoms with van der Waals surface area (Å²) in [5.41, 5.74) is 0.459. The summed E-state index contributed by atoms with van der Waals surface area (Å²) in [4.78, 5) is 13.1. The van der Waals surface area contributed by atoms with Gasteiger partial charge in [0.1, 0.15) is 11.6 Å². The van der Waals surface area contributed by atoms with Crippen LogP contribution in [0, 0.1) is 5.82 Å². The number of rotatable bonds is 5. The van der Waals surface area contributed by atoms with Gasteiger partial charge in [-0.25, -0.2) is 4.39 Å². The van der Waals surface area contributed by atoms with Gasteiger partial charge in [0.05, 0.1) is 0 Å². The van der Waals surface area contributed by atoms with Crippen LogP contribution in [-0.4, -0.2) is 37.1 Å². The molecule has 0 unspecified atom stereocenters. The van der Waals surface area contributed by atoms with Gasteiger partial charge >= 0.3 is 6.61 Å². The van der Waals surface area contributed by atoms with Crippen LogP contribution in [0.3, 0.4) is 0 Å². The Hall–Kier alpha value is -1.76. The Morgan fingerprint density at radius 2 is 2.14 bits per heavy atom. The van der Waals surface area contributed by atoms with E-state index in [0.29, 0.717) is 24.9 Å². The zero-order chi connectivity index (χ0) is 16.3. The summed E-state index contributed by atoms with van der Waals surface area (Å²) in [6.45, 7) is -0.664. The number of piperidine rings is 1. The zero-order valence-electron chi connectivity index (χ0n) is 12.5. The molecule has 0 aliphatic carbocycles. The predicted molar refractivity (Wildman–Crippen MR) is 75.2 cm³/mol. The molecule has 1 aromatic rings. The van der Waals surface area contributed by atoms with Crippen molar-refractivity contribution in [2.24, 2.45) is 0 Å². The fourth-order valence-corrected chi connectivity index (χ4v) is 2.66. The Labute approximate surface area is 127 Å². The lowest BCUT2D eigenvalue weighted by molar-refractivity contribution is -0.132. The molecule has 1 heterocycles. The molecule has 0 spiro atoms. The summed E-state index contributed by atoms with van der Waals surface area (Å²) in [7, 11) is 1.73. The van der Waals surface area contributed by atoms with Gasteiger partial charge in [0.25, 0.3) is 0 Å². The maximum atomic E-state index is 13.2. The first kappa shape index (κ1) is 16.6. The van der Waals surface area contributed by atoms with Crippen molar-refractivity contribution in [1.29, 1.82) is 0 Å². The SMILES string of the molecule is C[C@@H](N[C@H]1CCC(=O)N(C)C1)c1ccc(F)cc1OC(F)F. The van der Waals surface area contributed by atoms with Crippen LogP contribution in [0.1, 0.15) is 31.4 Å². The van der Waals surface area contributed by atoms with Gasteiger partial charge in [-0.2, -0.15) is 8.78 Å². The first-order valence-electron chi connectivity index (χ1n) is 7.11. The van der Waals surface area contributed by atoms with Gasteiger partial charge in [-0.1, -0.05) is 6.07 Å². The van der Waals surface area contributed by atoms with E-state index >= 15 is 0 Å². The first-order valence-corrected chi connectivity index (χ1v) is 7.11. The van der Waals surface area contributed by atoms with Gasteiger partial charge in [-0.3, -0.25) is 4.79 Å². The van der Waals surface area contributed by atoms with Gasteiger partial charge in [-0.15, -0.1) is 0 Å². The molecule has 22 heavy (non-hydrogen) atoms. The highest BCUT2D eigenvalue weighted by atomic mass is 19.3. The molecular formula is C15H19F3N2O2. The van der Waals surface area contributed by atoms with Crippen molar-refractivity contribution >= 4 is 5.91 Å². The van der Waals surface area contributed by atoms with E-state index in [1.54, 1.807) is 18.9 Å². The van der Waals surface area contributed by atoms with Crippen LogP contribution >= 0.6 is 0 Å². The van der Waals surface area contributed by atoms with Gasteiger partial charge in [-0.05, 0) is 19.4 Å². The standard InChI is InChI=1S/C15H19F3N2O2/c1-9(19-11-4-6-14(21)20(2)8-11)12-5-3-10(16)7-13(12)22-15(17)18/h3,5,7,9,11,15,19H,4,6,8H2,1-2H3/t9-,11+/m1/s1. The summed E-state index contributed by atoms with van der Waals surface area (Å²) in [6.07, 6.45) is 1.13. The molecular weight excluding hydrogens is 297 g/mol. The van der Waals surface area contributed by atoms with Crippen LogP contribution in [0.5, 0.6) is 5.75 Å². The minimum Gasteiger partial charge on any atom is -0.434 e. The molecule has 1 aliphatic rings. The summed E-state index contributed by atoms with van der Waals surface area (Å²) in [5, 5.41) is 3.28. The highest BCUT2D eigenvalue weighted by Gasteiger charge is 2.25. The monoisotopic (exact) mass is 316 g/mol. The van der Waals surface area contributed by atoms with Crippen LogP contribution in [0.15, 0.2) is 18.2 Å². The number of likely N-dealkylation sites (tertiary alicyclic amines) is 1. The van der Waals surface area contributed by atoms with Crippen molar-refractivity contribution in [3.8, 4) is 5.75 Å². The van der Waals surface area contributed by atoms with Crippen molar-refractivity contribution < 1.29 is 22.7 Å². The molecule has 1 aliphatic heterocycles. The lowest BCUT2D eigenvalue weighted by atomic mass is 10.0. The first-order chi connectivity index (χ1) is 10.4. The molecule has 2 rings (SSSR count). The summed E-state index contributed by atoms with van der Waals surface area (Å²) in [6, 6.07) is 3.35. The van der Waals surface area contributed by atoms with Crippen molar-refractivity contribution in [2.75, 3.05) is 13.6 Å². The van der Waals surface area contributed by atoms with E-state index in [2.05, 4.69) is 10.1 Å². The third kappa shape index (κ3) is 4.13. The third-order valence-electron chi connectivity index (χ3n) is 3.77. The second-order valence-corrected chi connectivity index (χ2v) is 5.46. The second kappa shape index (κ2) is 7.00. The van der Waals surface area contributed by atoms with Gasteiger partial charge in [0.15, 0.2) is 0 Å². The van der Waals surface area contributed by atoms with E-state index < -0.39 is 12.4 Å². The largest absolute Gasteiger partial charge is 0.434 e. The average molecular weight is 316 g/mol. The van der Waals surface area contributed by atoms with E-state index in [0.717, 1.165) is 6.07 Å². The fourth-order valence-electron chi connectivity index (χ4n) is 2.66. The highest BCUT2D eigenvalue weighted by molar-refractivity contribution is 5.76. The molecule has 4 nitrogen and oxygen atoms in total. The smallest absolute Gasteiger partial charge is 0.387 e. The van der Waals surface area contributed by atoms with Crippen LogP contribution in [0.2, 0.25) is 0 Å². The van der Waals surface area contributed by atoms with E-state index in [-0.39, 0.29) is 23.7 Å². The van der Waals surface area contributed by atoms with Gasteiger partial charge < -0.3 is 15.0 Å². The van der Waals surface area contributed by atoms with Crippen molar-refractivity contribution in [1.82, 2.24) is 10.2 Å². The zero-order valence-corrected chi connectivity index (χ0v) is 12.5. The van der Waals surface area contributed by atoms with Crippen molar-refractivity contribution in [3.05, 3.63) is 29.6 Å². The van der Waals surface area contributed by atoms with Crippen LogP contribution in [-0.2, 0) is 4.79 Å². The number of carbonyl (C=O) groups is 1. The van der Waals surface area contributed by atoms with E-state index in [1.165, 1.54) is 12.1 Å². The second-order valence-electron chi connectivity index (χ2n) is 5.46. The normalized spacial score (nSPS) is 20.4. The molecule has 1 fully saturated rings. The molecule has 1 saturated heterocycles. The fraction of sp³-hybridized carbons (Fsp3) is 0.533. The Bertz CT molecular complexity index is 540. The molecule has 0 radical (unpaired) electrons. The van der Waals surface area contributed by atoms with Crippen LogP contribution in [0.4, 0.5) is 13.2 Å². The molecule has 0 bridgehead atoms. The number of benzene rings is 1. The average Bonchev–Trinajstić information content (AvgIpc) is 2.42. The summed E-state index contributed by atoms with van der Waals surface area (Å²) < 4.78 is 42.5. The molecule has 1 N–H and O–H groups in total. The quantitative estimate of drug-likeness (QED) is 0.908. The van der Waals surface area contributed by atoms with E-state index in [9.17, 15) is 18.0 Å². The lowest BCUT2D eigenvalue weighted by Gasteiger charge is -2.32. The molecule has 0 saturated carbocycles. The Morgan fingerprint density at radius 1 is 1.41 bits per heavy atom. The molecule has 122 valence electrons. The Morgan fingerprint density at radius 3 is 2.77 bits per heavy atom. The number of nitrogens with one attached hydrogen (secondary N) is 1. The number of hydrogen-bond donors (Lipinski definition) is 1. The molecule has 1 amide bonds. The minimum atomic E-state index is -3.01. The maximum Gasteiger partial charge on any atom is 0.387 e. The number of amides is 1. The molecule has 0 aromatic heterocycles. The predicted octanol–water partition coefficient (Wildman–Crippen LogP) is 2.70. The Balaban J connectivity index is 2.08. The maximum absolute atomic E-state index is 13.2. The number of alkyl halides is 2. The van der Waals surface area contributed by atoms with Crippen LogP contribution < -0.4 is 10.1 Å². The molecule has 1 aromatic carbocycles. The minimum absolute atomic E-state index is 0.0575. The number of hydrogen-bond acceptors (Lipinski definition) is 3. The number of likely N-dealkylation sites (N-methyl/N-ethyl adjacent to an activating group) is 1. The Kier molecular flexibility index (Phi) is 5.28. The van der Waals surface area contributed by atoms with Crippen molar-refractivity contribution in [3.63, 3.8) is 0 Å². The van der Waals surface area contributed by atoms with Gasteiger partial charge in [0, 0.05) is 43.7 Å². The number of halogens is 3. The van der Waals surface area contributed by atoms with Crippen LogP contribution in [0.25, 0.3) is 0 Å². The third-order valence-corrected chi connectivity index (χ3v) is 3.77. The number of ether oxygens (including phenoxy) is 1. The summed E-state index contributed by atoms with van der Waals surface area (Å²) >= 11 is 0. The number of nitrogens with zero attached hydrogens (tertiary/aromatic N) is 1.